The van der Waals surface area contributed by atoms with E-state index in [-0.39, 0.29) is 11.8 Å². The van der Waals surface area contributed by atoms with Gasteiger partial charge in [0.15, 0.2) is 0 Å². The monoisotopic (exact) mass is 200 g/mol. The van der Waals surface area contributed by atoms with Crippen LogP contribution in [0.4, 0.5) is 0 Å². The molecule has 0 aromatic heterocycles. The van der Waals surface area contributed by atoms with Crippen LogP contribution in [0.1, 0.15) is 12.8 Å². The van der Waals surface area contributed by atoms with Crippen molar-refractivity contribution in [1.29, 1.82) is 0 Å². The summed E-state index contributed by atoms with van der Waals surface area (Å²) in [6, 6.07) is 0. The second-order valence-electron chi connectivity index (χ2n) is 2.25. The van der Waals surface area contributed by atoms with E-state index in [4.69, 9.17) is 10.6 Å². The third kappa shape index (κ3) is 6.62. The molecule has 0 spiro atoms. The van der Waals surface area contributed by atoms with Gasteiger partial charge in [-0.25, -0.2) is 0 Å². The fourth-order valence-electron chi connectivity index (χ4n) is 0.600. The maximum atomic E-state index is 10.1. The topological polar surface area (TPSA) is 132 Å². The van der Waals surface area contributed by atoms with Gasteiger partial charge in [-0.05, 0) is 5.53 Å². The number of carboxylic acid groups (broad SMARTS) is 1. The molecule has 0 unspecified atom stereocenters. The van der Waals surface area contributed by atoms with Gasteiger partial charge in [0.05, 0.1) is 0 Å². The van der Waals surface area contributed by atoms with Crippen molar-refractivity contribution in [3.63, 3.8) is 0 Å². The number of nitrogens with zero attached hydrogens (tertiary/aromatic N) is 3. The van der Waals surface area contributed by atoms with Crippen LogP contribution in [0.5, 0.6) is 0 Å². The molecule has 76 valence electrons. The number of carbonyl (C=O) groups is 3. The second kappa shape index (κ2) is 6.44. The van der Waals surface area contributed by atoms with Gasteiger partial charge in [0, 0.05) is 17.8 Å². The van der Waals surface area contributed by atoms with Crippen molar-refractivity contribution in [3.8, 4) is 0 Å². The summed E-state index contributed by atoms with van der Waals surface area (Å²) >= 11 is 0. The first-order chi connectivity index (χ1) is 6.56. The molecule has 2 amide bonds. The summed E-state index contributed by atoms with van der Waals surface area (Å²) in [5.74, 6) is -1.41. The number of carbonyl (C=O) groups excluding carboxylic acids is 2. The third-order valence-corrected chi connectivity index (χ3v) is 1.13. The molecular weight excluding hydrogens is 192 g/mol. The Morgan fingerprint density at radius 2 is 2.00 bits per heavy atom. The fourth-order valence-corrected chi connectivity index (χ4v) is 0.600. The van der Waals surface area contributed by atoms with E-state index < -0.39 is 12.5 Å². The number of rotatable bonds is 2. The summed E-state index contributed by atoms with van der Waals surface area (Å²) in [4.78, 5) is 32.0. The molecule has 0 aromatic carbocycles. The lowest BCUT2D eigenvalue weighted by Crippen LogP contribution is -2.18. The first kappa shape index (κ1) is 11.9. The fraction of sp³-hybridized carbons (Fsp3) is 0.500. The van der Waals surface area contributed by atoms with Gasteiger partial charge in [-0.2, -0.15) is 0 Å². The standard InChI is InChI=1S/C4H5NO2.C2H3N3O2/c6-3-1-2-4(7)5-3;3-5-4-1-2(6)7/h1-2H2,(H,5,6,7);1H2,(H,6,7). The van der Waals surface area contributed by atoms with E-state index in [0.717, 1.165) is 0 Å². The Balaban J connectivity index is 0.000000241. The van der Waals surface area contributed by atoms with Crippen LogP contribution in [0.25, 0.3) is 10.4 Å². The average molecular weight is 200 g/mol. The number of amides is 2. The average Bonchev–Trinajstić information content (AvgIpc) is 2.47. The Morgan fingerprint density at radius 1 is 1.50 bits per heavy atom. The molecule has 8 heteroatoms. The smallest absolute Gasteiger partial charge is 0.309 e. The normalized spacial score (nSPS) is 13.4. The number of nitrogens with one attached hydrogen (secondary N) is 1. The van der Waals surface area contributed by atoms with Gasteiger partial charge in [0.25, 0.3) is 0 Å². The summed E-state index contributed by atoms with van der Waals surface area (Å²) in [6.07, 6.45) is 0.748. The van der Waals surface area contributed by atoms with E-state index in [9.17, 15) is 14.4 Å². The van der Waals surface area contributed by atoms with Crippen molar-refractivity contribution < 1.29 is 19.5 Å². The van der Waals surface area contributed by atoms with E-state index >= 15 is 0 Å². The second-order valence-corrected chi connectivity index (χ2v) is 2.25. The molecule has 1 aliphatic rings. The van der Waals surface area contributed by atoms with Crippen molar-refractivity contribution in [2.45, 2.75) is 12.8 Å². The number of hydrogen-bond donors (Lipinski definition) is 2. The summed E-state index contributed by atoms with van der Waals surface area (Å²) in [5, 5.41) is 12.7. The van der Waals surface area contributed by atoms with Crippen LogP contribution in [0.15, 0.2) is 5.11 Å². The van der Waals surface area contributed by atoms with Gasteiger partial charge in [0.1, 0.15) is 6.54 Å². The molecule has 2 N–H and O–H groups in total. The van der Waals surface area contributed by atoms with E-state index in [2.05, 4.69) is 15.3 Å². The predicted octanol–water partition coefficient (Wildman–Crippen LogP) is -0.196. The van der Waals surface area contributed by atoms with Gasteiger partial charge >= 0.3 is 5.97 Å². The minimum Gasteiger partial charge on any atom is -0.481 e. The zero-order valence-electron chi connectivity index (χ0n) is 7.13. The molecule has 8 nitrogen and oxygen atoms in total. The number of imide groups is 1. The van der Waals surface area contributed by atoms with Crippen LogP contribution in [0.2, 0.25) is 0 Å². The number of azide groups is 1. The highest BCUT2D eigenvalue weighted by atomic mass is 16.4. The Hall–Kier alpha value is -2.08. The zero-order chi connectivity index (χ0) is 11.0. The van der Waals surface area contributed by atoms with Gasteiger partial charge in [0.2, 0.25) is 11.8 Å². The molecule has 14 heavy (non-hydrogen) atoms. The summed E-state index contributed by atoms with van der Waals surface area (Å²) < 4.78 is 0. The predicted molar refractivity (Wildman–Crippen MR) is 44.0 cm³/mol. The van der Waals surface area contributed by atoms with Crippen molar-refractivity contribution in [1.82, 2.24) is 5.32 Å². The molecule has 0 aliphatic carbocycles. The van der Waals surface area contributed by atoms with Gasteiger partial charge in [-0.15, -0.1) is 0 Å². The lowest BCUT2D eigenvalue weighted by atomic mass is 10.4. The SMILES string of the molecule is O=C1CCC(=O)N1.[N-]=[N+]=NCC(=O)O. The largest absolute Gasteiger partial charge is 0.481 e. The highest BCUT2D eigenvalue weighted by molar-refractivity contribution is 6.01. The molecule has 1 saturated heterocycles. The van der Waals surface area contributed by atoms with Crippen molar-refractivity contribution in [2.24, 2.45) is 5.11 Å². The summed E-state index contributed by atoms with van der Waals surface area (Å²) in [5.41, 5.74) is 7.51. The lowest BCUT2D eigenvalue weighted by Gasteiger charge is -1.79. The molecule has 1 aliphatic heterocycles. The van der Waals surface area contributed by atoms with Crippen LogP contribution in [0, 0.1) is 0 Å². The molecule has 0 aromatic rings. The van der Waals surface area contributed by atoms with E-state index in [1.165, 1.54) is 0 Å². The molecular formula is C6H8N4O4. The molecule has 0 radical (unpaired) electrons. The van der Waals surface area contributed by atoms with E-state index in [0.29, 0.717) is 12.8 Å². The molecule has 0 bridgehead atoms. The molecule has 0 saturated carbocycles. The van der Waals surface area contributed by atoms with Crippen LogP contribution in [-0.4, -0.2) is 29.4 Å². The number of aliphatic carboxylic acids is 1. The lowest BCUT2D eigenvalue weighted by molar-refractivity contribution is -0.135. The highest BCUT2D eigenvalue weighted by Crippen LogP contribution is 1.95. The van der Waals surface area contributed by atoms with Gasteiger partial charge in [-0.3, -0.25) is 19.7 Å². The maximum absolute atomic E-state index is 10.1. The molecule has 1 heterocycles. The minimum absolute atomic E-state index is 0.148. The van der Waals surface area contributed by atoms with E-state index in [1.54, 1.807) is 0 Å². The van der Waals surface area contributed by atoms with Crippen LogP contribution in [-0.2, 0) is 14.4 Å². The Bertz CT molecular complexity index is 280. The van der Waals surface area contributed by atoms with E-state index in [1.807, 2.05) is 0 Å². The number of hydrogen-bond acceptors (Lipinski definition) is 4. The molecule has 1 rings (SSSR count). The summed E-state index contributed by atoms with van der Waals surface area (Å²) in [7, 11) is 0. The molecule has 0 atom stereocenters. The first-order valence-corrected chi connectivity index (χ1v) is 3.61. The summed E-state index contributed by atoms with van der Waals surface area (Å²) in [6.45, 7) is -0.476. The zero-order valence-corrected chi connectivity index (χ0v) is 7.13. The van der Waals surface area contributed by atoms with Crippen molar-refractivity contribution >= 4 is 17.8 Å². The molecule has 1 fully saturated rings. The first-order valence-electron chi connectivity index (χ1n) is 3.61. The minimum atomic E-state index is -1.11. The number of carboxylic acids is 1. The van der Waals surface area contributed by atoms with Gasteiger partial charge < -0.3 is 5.11 Å². The van der Waals surface area contributed by atoms with Crippen LogP contribution < -0.4 is 5.32 Å². The Kier molecular flexibility index (Phi) is 5.48. The van der Waals surface area contributed by atoms with Crippen LogP contribution >= 0.6 is 0 Å². The third-order valence-electron chi connectivity index (χ3n) is 1.13. The van der Waals surface area contributed by atoms with Crippen molar-refractivity contribution in [2.75, 3.05) is 6.54 Å². The quantitative estimate of drug-likeness (QED) is 0.276. The highest BCUT2D eigenvalue weighted by Gasteiger charge is 2.15. The Morgan fingerprint density at radius 3 is 2.14 bits per heavy atom. The Labute approximate surface area is 78.5 Å². The maximum Gasteiger partial charge on any atom is 0.309 e. The van der Waals surface area contributed by atoms with Crippen molar-refractivity contribution in [3.05, 3.63) is 10.4 Å². The van der Waals surface area contributed by atoms with Gasteiger partial charge in [-0.1, -0.05) is 5.11 Å². The van der Waals surface area contributed by atoms with Crippen LogP contribution in [0.3, 0.4) is 0 Å².